The average Bonchev–Trinajstić information content (AvgIpc) is 2.29. The fourth-order valence-corrected chi connectivity index (χ4v) is 1.14. The van der Waals surface area contributed by atoms with E-state index in [0.717, 1.165) is 0 Å². The number of hydrogen-bond acceptors (Lipinski definition) is 5. The number of rotatable bonds is 2. The van der Waals surface area contributed by atoms with Crippen molar-refractivity contribution in [3.05, 3.63) is 0 Å². The molecule has 1 heterocycles. The van der Waals surface area contributed by atoms with Crippen molar-refractivity contribution >= 4 is 5.91 Å². The minimum Gasteiger partial charge on any atom is -0.387 e. The van der Waals surface area contributed by atoms with Gasteiger partial charge in [-0.1, -0.05) is 0 Å². The Balaban J connectivity index is 2.40. The maximum absolute atomic E-state index is 10.5. The predicted octanol–water partition coefficient (Wildman–Crippen LogP) is -2.44. The van der Waals surface area contributed by atoms with Gasteiger partial charge >= 0.3 is 0 Å². The Labute approximate surface area is 75.1 Å². The number of hydrogen-bond donors (Lipinski definition) is 4. The van der Waals surface area contributed by atoms with Crippen LogP contribution in [0.25, 0.3) is 0 Å². The highest BCUT2D eigenvalue weighted by atomic mass is 16.6. The lowest BCUT2D eigenvalue weighted by atomic mass is 10.1. The summed E-state index contributed by atoms with van der Waals surface area (Å²) in [6.45, 7) is 1.40. The zero-order chi connectivity index (χ0) is 10.0. The zero-order valence-electron chi connectivity index (χ0n) is 7.17. The quantitative estimate of drug-likeness (QED) is 0.388. The molecule has 0 radical (unpaired) electrons. The monoisotopic (exact) mass is 191 g/mol. The first-order valence-electron chi connectivity index (χ1n) is 3.96. The van der Waals surface area contributed by atoms with Gasteiger partial charge in [0, 0.05) is 13.5 Å². The molecule has 0 bridgehead atoms. The molecule has 13 heavy (non-hydrogen) atoms. The lowest BCUT2D eigenvalue weighted by Crippen LogP contribution is -2.39. The van der Waals surface area contributed by atoms with Gasteiger partial charge in [-0.05, 0) is 0 Å². The summed E-state index contributed by atoms with van der Waals surface area (Å²) in [4.78, 5) is 10.5. The second-order valence-corrected chi connectivity index (χ2v) is 2.98. The van der Waals surface area contributed by atoms with Crippen LogP contribution in [-0.2, 0) is 9.53 Å². The van der Waals surface area contributed by atoms with Crippen LogP contribution >= 0.6 is 0 Å². The molecule has 0 spiro atoms. The molecule has 76 valence electrons. The topological polar surface area (TPSA) is 99.0 Å². The van der Waals surface area contributed by atoms with Gasteiger partial charge in [-0.15, -0.1) is 0 Å². The Morgan fingerprint density at radius 3 is 2.38 bits per heavy atom. The van der Waals surface area contributed by atoms with Gasteiger partial charge in [0.2, 0.25) is 5.91 Å². The Hall–Kier alpha value is -0.690. The van der Waals surface area contributed by atoms with Crippen LogP contribution < -0.4 is 5.32 Å². The molecule has 4 atom stereocenters. The van der Waals surface area contributed by atoms with Gasteiger partial charge in [0.05, 0.1) is 0 Å². The highest BCUT2D eigenvalue weighted by molar-refractivity contribution is 5.72. The third-order valence-electron chi connectivity index (χ3n) is 1.89. The molecule has 6 heteroatoms. The van der Waals surface area contributed by atoms with E-state index in [2.05, 4.69) is 5.32 Å². The van der Waals surface area contributed by atoms with E-state index in [-0.39, 0.29) is 12.5 Å². The van der Waals surface area contributed by atoms with Crippen LogP contribution in [0.4, 0.5) is 0 Å². The van der Waals surface area contributed by atoms with Gasteiger partial charge in [0.1, 0.15) is 18.3 Å². The van der Waals surface area contributed by atoms with Crippen molar-refractivity contribution in [2.24, 2.45) is 0 Å². The molecule has 1 aliphatic heterocycles. The molecule has 1 fully saturated rings. The summed E-state index contributed by atoms with van der Waals surface area (Å²) in [7, 11) is 0. The Kier molecular flexibility index (Phi) is 3.21. The fraction of sp³-hybridized carbons (Fsp3) is 0.857. The van der Waals surface area contributed by atoms with E-state index < -0.39 is 24.6 Å². The zero-order valence-corrected chi connectivity index (χ0v) is 7.17. The van der Waals surface area contributed by atoms with Crippen molar-refractivity contribution in [1.29, 1.82) is 0 Å². The summed E-state index contributed by atoms with van der Waals surface area (Å²) in [6, 6.07) is 0. The van der Waals surface area contributed by atoms with Gasteiger partial charge in [0.25, 0.3) is 0 Å². The highest BCUT2D eigenvalue weighted by Crippen LogP contribution is 2.18. The van der Waals surface area contributed by atoms with Crippen LogP contribution in [-0.4, -0.2) is 52.4 Å². The molecular weight excluding hydrogens is 178 g/mol. The molecule has 1 aliphatic rings. The Morgan fingerprint density at radius 2 is 2.00 bits per heavy atom. The fourth-order valence-electron chi connectivity index (χ4n) is 1.14. The number of aliphatic hydroxyl groups excluding tert-OH is 3. The number of amides is 1. The van der Waals surface area contributed by atoms with Crippen molar-refractivity contribution < 1.29 is 24.9 Å². The number of aliphatic hydroxyl groups is 3. The Bertz CT molecular complexity index is 197. The molecule has 4 N–H and O–H groups in total. The molecular formula is C7H13NO5. The first-order valence-corrected chi connectivity index (χ1v) is 3.96. The summed E-state index contributed by atoms with van der Waals surface area (Å²) in [5, 5.41) is 29.7. The second-order valence-electron chi connectivity index (χ2n) is 2.98. The maximum Gasteiger partial charge on any atom is 0.216 e. The maximum atomic E-state index is 10.5. The minimum absolute atomic E-state index is 0.0740. The molecule has 0 aromatic rings. The summed E-state index contributed by atoms with van der Waals surface area (Å²) in [5.41, 5.74) is 0. The summed E-state index contributed by atoms with van der Waals surface area (Å²) in [5.74, 6) is -0.258. The number of ether oxygens (including phenoxy) is 1. The van der Waals surface area contributed by atoms with Crippen LogP contribution in [0.2, 0.25) is 0 Å². The molecule has 0 unspecified atom stereocenters. The molecule has 0 aliphatic carbocycles. The molecule has 0 saturated carbocycles. The smallest absolute Gasteiger partial charge is 0.216 e. The lowest BCUT2D eigenvalue weighted by molar-refractivity contribution is -0.130. The predicted molar refractivity (Wildman–Crippen MR) is 41.6 cm³/mol. The number of carbonyl (C=O) groups is 1. The van der Waals surface area contributed by atoms with Crippen molar-refractivity contribution in [3.63, 3.8) is 0 Å². The van der Waals surface area contributed by atoms with E-state index in [0.29, 0.717) is 0 Å². The van der Waals surface area contributed by atoms with Crippen LogP contribution in [0.1, 0.15) is 6.92 Å². The normalized spacial score (nSPS) is 39.1. The molecule has 1 amide bonds. The van der Waals surface area contributed by atoms with E-state index in [1.54, 1.807) is 0 Å². The van der Waals surface area contributed by atoms with E-state index in [1.165, 1.54) is 6.92 Å². The third kappa shape index (κ3) is 2.38. The molecule has 0 aromatic heterocycles. The van der Waals surface area contributed by atoms with Crippen molar-refractivity contribution in [2.45, 2.75) is 31.5 Å². The van der Waals surface area contributed by atoms with Gasteiger partial charge in [-0.2, -0.15) is 0 Å². The van der Waals surface area contributed by atoms with Crippen molar-refractivity contribution in [1.82, 2.24) is 5.32 Å². The van der Waals surface area contributed by atoms with Gasteiger partial charge in [-0.3, -0.25) is 4.79 Å². The van der Waals surface area contributed by atoms with Crippen molar-refractivity contribution in [3.8, 4) is 0 Å². The van der Waals surface area contributed by atoms with Crippen LogP contribution in [0.15, 0.2) is 0 Å². The van der Waals surface area contributed by atoms with Gasteiger partial charge in [-0.25, -0.2) is 0 Å². The number of carbonyl (C=O) groups excluding carboxylic acids is 1. The van der Waals surface area contributed by atoms with E-state index >= 15 is 0 Å². The molecule has 0 aromatic carbocycles. The van der Waals surface area contributed by atoms with Gasteiger partial charge in [0.15, 0.2) is 6.29 Å². The standard InChI is InChI=1S/C7H13NO5/c1-3(9)8-2-4-5(10)6(11)7(12)13-4/h4-7,10-12H,2H2,1H3,(H,8,9)/t4-,5-,6-,7-/m1/s1. The van der Waals surface area contributed by atoms with E-state index in [9.17, 15) is 9.90 Å². The largest absolute Gasteiger partial charge is 0.387 e. The minimum atomic E-state index is -1.38. The SMILES string of the molecule is CC(=O)NC[C@H]1O[C@@H](O)[C@H](O)[C@@H]1O. The molecule has 6 nitrogen and oxygen atoms in total. The lowest BCUT2D eigenvalue weighted by Gasteiger charge is -2.13. The third-order valence-corrected chi connectivity index (χ3v) is 1.89. The van der Waals surface area contributed by atoms with E-state index in [4.69, 9.17) is 14.9 Å². The summed E-state index contributed by atoms with van der Waals surface area (Å²) in [6.07, 6.45) is -4.61. The molecule has 1 rings (SSSR count). The van der Waals surface area contributed by atoms with Crippen LogP contribution in [0.5, 0.6) is 0 Å². The Morgan fingerprint density at radius 1 is 1.38 bits per heavy atom. The second kappa shape index (κ2) is 4.01. The molecule has 1 saturated heterocycles. The van der Waals surface area contributed by atoms with Crippen LogP contribution in [0, 0.1) is 0 Å². The first-order chi connectivity index (χ1) is 6.02. The number of nitrogens with one attached hydrogen (secondary N) is 1. The summed E-state index contributed by atoms with van der Waals surface area (Å²) >= 11 is 0. The average molecular weight is 191 g/mol. The van der Waals surface area contributed by atoms with E-state index in [1.807, 2.05) is 0 Å². The van der Waals surface area contributed by atoms with Gasteiger partial charge < -0.3 is 25.4 Å². The first kappa shape index (κ1) is 10.4. The van der Waals surface area contributed by atoms with Crippen molar-refractivity contribution in [2.75, 3.05) is 6.54 Å². The highest BCUT2D eigenvalue weighted by Gasteiger charge is 2.41. The van der Waals surface area contributed by atoms with Crippen LogP contribution in [0.3, 0.4) is 0 Å². The summed E-state index contributed by atoms with van der Waals surface area (Å²) < 4.78 is 4.78.